The zero-order chi connectivity index (χ0) is 14.3. The Morgan fingerprint density at radius 3 is 2.90 bits per heavy atom. The second-order valence-corrected chi connectivity index (χ2v) is 6.04. The smallest absolute Gasteiger partial charge is 0.256 e. The average Bonchev–Trinajstić information content (AvgIpc) is 3.23. The SMILES string of the molecule is COC(C(=O)N1CC(=O)Nc2ccc(Br)cc21)C1CC1. The van der Waals surface area contributed by atoms with E-state index in [0.717, 1.165) is 17.3 Å². The fraction of sp³-hybridized carbons (Fsp3) is 0.429. The highest BCUT2D eigenvalue weighted by atomic mass is 79.9. The predicted octanol–water partition coefficient (Wildman–Crippen LogP) is 2.16. The van der Waals surface area contributed by atoms with Crippen molar-refractivity contribution < 1.29 is 14.3 Å². The highest BCUT2D eigenvalue weighted by Crippen LogP contribution is 2.38. The summed E-state index contributed by atoms with van der Waals surface area (Å²) < 4.78 is 6.20. The molecule has 1 unspecified atom stereocenters. The Morgan fingerprint density at radius 2 is 2.25 bits per heavy atom. The molecule has 1 saturated carbocycles. The largest absolute Gasteiger partial charge is 0.371 e. The number of hydrogen-bond acceptors (Lipinski definition) is 3. The van der Waals surface area contributed by atoms with Gasteiger partial charge in [-0.2, -0.15) is 0 Å². The summed E-state index contributed by atoms with van der Waals surface area (Å²) in [5.74, 6) is -0.0314. The number of anilines is 2. The number of hydrogen-bond donors (Lipinski definition) is 1. The lowest BCUT2D eigenvalue weighted by molar-refractivity contribution is -0.130. The molecule has 1 aliphatic carbocycles. The Hall–Kier alpha value is -1.40. The molecule has 2 amide bonds. The van der Waals surface area contributed by atoms with E-state index >= 15 is 0 Å². The summed E-state index contributed by atoms with van der Waals surface area (Å²) in [5.41, 5.74) is 1.37. The van der Waals surface area contributed by atoms with Gasteiger partial charge in [0, 0.05) is 11.6 Å². The number of rotatable bonds is 3. The van der Waals surface area contributed by atoms with Crippen LogP contribution in [0.1, 0.15) is 12.8 Å². The van der Waals surface area contributed by atoms with E-state index in [1.165, 1.54) is 4.90 Å². The molecule has 5 nitrogen and oxygen atoms in total. The summed E-state index contributed by atoms with van der Waals surface area (Å²) in [6.07, 6.45) is 1.57. The van der Waals surface area contributed by atoms with Crippen molar-refractivity contribution in [2.45, 2.75) is 18.9 Å². The minimum atomic E-state index is -0.451. The van der Waals surface area contributed by atoms with Crippen LogP contribution in [-0.4, -0.2) is 31.6 Å². The van der Waals surface area contributed by atoms with Crippen LogP contribution in [0.5, 0.6) is 0 Å². The zero-order valence-corrected chi connectivity index (χ0v) is 12.6. The van der Waals surface area contributed by atoms with Crippen LogP contribution in [0.4, 0.5) is 11.4 Å². The molecular formula is C14H15BrN2O3. The molecule has 0 aromatic heterocycles. The molecule has 0 spiro atoms. The fourth-order valence-corrected chi connectivity index (χ4v) is 2.85. The summed E-state index contributed by atoms with van der Waals surface area (Å²) in [4.78, 5) is 25.9. The van der Waals surface area contributed by atoms with Gasteiger partial charge in [0.05, 0.1) is 11.4 Å². The molecule has 3 rings (SSSR count). The monoisotopic (exact) mass is 338 g/mol. The molecule has 1 atom stereocenters. The van der Waals surface area contributed by atoms with Crippen molar-refractivity contribution >= 4 is 39.1 Å². The number of nitrogens with one attached hydrogen (secondary N) is 1. The normalized spacial score (nSPS) is 19.3. The number of amides is 2. The summed E-state index contributed by atoms with van der Waals surface area (Å²) in [7, 11) is 1.55. The lowest BCUT2D eigenvalue weighted by Gasteiger charge is -2.31. The lowest BCUT2D eigenvalue weighted by Crippen LogP contribution is -2.47. The molecule has 1 heterocycles. The molecule has 20 heavy (non-hydrogen) atoms. The van der Waals surface area contributed by atoms with Crippen LogP contribution in [0.15, 0.2) is 22.7 Å². The van der Waals surface area contributed by atoms with Crippen LogP contribution in [0.3, 0.4) is 0 Å². The molecular weight excluding hydrogens is 324 g/mol. The molecule has 1 fully saturated rings. The third-order valence-corrected chi connectivity index (χ3v) is 4.13. The molecule has 0 radical (unpaired) electrons. The summed E-state index contributed by atoms with van der Waals surface area (Å²) in [6, 6.07) is 5.46. The van der Waals surface area contributed by atoms with Crippen molar-refractivity contribution in [3.05, 3.63) is 22.7 Å². The topological polar surface area (TPSA) is 58.6 Å². The Balaban J connectivity index is 1.95. The summed E-state index contributed by atoms with van der Waals surface area (Å²) in [6.45, 7) is 0.0366. The van der Waals surface area contributed by atoms with E-state index in [0.29, 0.717) is 11.4 Å². The van der Waals surface area contributed by atoms with Gasteiger partial charge in [-0.1, -0.05) is 15.9 Å². The number of methoxy groups -OCH3 is 1. The number of halogens is 1. The maximum atomic E-state index is 12.6. The number of carbonyl (C=O) groups is 2. The van der Waals surface area contributed by atoms with Crippen molar-refractivity contribution in [3.8, 4) is 0 Å². The van der Waals surface area contributed by atoms with Crippen molar-refractivity contribution in [2.24, 2.45) is 5.92 Å². The lowest BCUT2D eigenvalue weighted by atomic mass is 10.1. The first kappa shape index (κ1) is 13.6. The molecule has 0 saturated heterocycles. The molecule has 106 valence electrons. The second kappa shape index (κ2) is 5.18. The Kier molecular flexibility index (Phi) is 3.52. The van der Waals surface area contributed by atoms with E-state index in [2.05, 4.69) is 21.2 Å². The van der Waals surface area contributed by atoms with Crippen molar-refractivity contribution in [3.63, 3.8) is 0 Å². The van der Waals surface area contributed by atoms with E-state index < -0.39 is 6.10 Å². The number of carbonyl (C=O) groups excluding carboxylic acids is 2. The summed E-state index contributed by atoms with van der Waals surface area (Å²) >= 11 is 3.40. The molecule has 2 aliphatic rings. The molecule has 6 heteroatoms. The van der Waals surface area contributed by atoms with Crippen LogP contribution in [0.25, 0.3) is 0 Å². The van der Waals surface area contributed by atoms with Gasteiger partial charge in [-0.25, -0.2) is 0 Å². The van der Waals surface area contributed by atoms with Gasteiger partial charge in [0.15, 0.2) is 0 Å². The van der Waals surface area contributed by atoms with Gasteiger partial charge in [-0.15, -0.1) is 0 Å². The predicted molar refractivity (Wildman–Crippen MR) is 78.6 cm³/mol. The van der Waals surface area contributed by atoms with Gasteiger partial charge < -0.3 is 10.1 Å². The minimum Gasteiger partial charge on any atom is -0.371 e. The van der Waals surface area contributed by atoms with E-state index in [9.17, 15) is 9.59 Å². The van der Waals surface area contributed by atoms with Crippen LogP contribution in [0, 0.1) is 5.92 Å². The van der Waals surface area contributed by atoms with Crippen molar-refractivity contribution in [2.75, 3.05) is 23.9 Å². The molecule has 0 bridgehead atoms. The first-order valence-corrected chi connectivity index (χ1v) is 7.33. The maximum absolute atomic E-state index is 12.6. The zero-order valence-electron chi connectivity index (χ0n) is 11.1. The van der Waals surface area contributed by atoms with Gasteiger partial charge in [0.1, 0.15) is 12.6 Å². The molecule has 1 aromatic rings. The van der Waals surface area contributed by atoms with Crippen molar-refractivity contribution in [1.82, 2.24) is 0 Å². The Morgan fingerprint density at radius 1 is 1.50 bits per heavy atom. The fourth-order valence-electron chi connectivity index (χ4n) is 2.50. The number of nitrogens with zero attached hydrogens (tertiary/aromatic N) is 1. The minimum absolute atomic E-state index is 0.0366. The number of benzene rings is 1. The van der Waals surface area contributed by atoms with Gasteiger partial charge in [-0.3, -0.25) is 14.5 Å². The van der Waals surface area contributed by atoms with Gasteiger partial charge in [0.2, 0.25) is 5.91 Å². The number of fused-ring (bicyclic) bond motifs is 1. The molecule has 1 aromatic carbocycles. The first-order valence-electron chi connectivity index (χ1n) is 6.53. The average molecular weight is 339 g/mol. The van der Waals surface area contributed by atoms with Crippen LogP contribution in [-0.2, 0) is 14.3 Å². The summed E-state index contributed by atoms with van der Waals surface area (Å²) in [5, 5.41) is 2.78. The van der Waals surface area contributed by atoms with E-state index in [1.54, 1.807) is 13.2 Å². The second-order valence-electron chi connectivity index (χ2n) is 5.13. The molecule has 1 aliphatic heterocycles. The maximum Gasteiger partial charge on any atom is 0.256 e. The van der Waals surface area contributed by atoms with E-state index in [1.807, 2.05) is 12.1 Å². The van der Waals surface area contributed by atoms with Gasteiger partial charge in [-0.05, 0) is 37.0 Å². The van der Waals surface area contributed by atoms with Gasteiger partial charge >= 0.3 is 0 Å². The standard InChI is InChI=1S/C14H15BrN2O3/c1-20-13(8-2-3-8)14(19)17-7-12(18)16-10-5-4-9(15)6-11(10)17/h4-6,8,13H,2-3,7H2,1H3,(H,16,18). The van der Waals surface area contributed by atoms with E-state index in [-0.39, 0.29) is 24.3 Å². The third-order valence-electron chi connectivity index (χ3n) is 3.64. The first-order chi connectivity index (χ1) is 9.60. The van der Waals surface area contributed by atoms with Crippen molar-refractivity contribution in [1.29, 1.82) is 0 Å². The van der Waals surface area contributed by atoms with Gasteiger partial charge in [0.25, 0.3) is 5.91 Å². The molecule has 1 N–H and O–H groups in total. The van der Waals surface area contributed by atoms with Crippen LogP contribution in [0.2, 0.25) is 0 Å². The van der Waals surface area contributed by atoms with Crippen LogP contribution >= 0.6 is 15.9 Å². The quantitative estimate of drug-likeness (QED) is 0.918. The third kappa shape index (κ3) is 2.45. The Bertz CT molecular complexity index is 572. The Labute approximate surface area is 125 Å². The number of ether oxygens (including phenoxy) is 1. The highest BCUT2D eigenvalue weighted by molar-refractivity contribution is 9.10. The highest BCUT2D eigenvalue weighted by Gasteiger charge is 2.40. The van der Waals surface area contributed by atoms with E-state index in [4.69, 9.17) is 4.74 Å². The van der Waals surface area contributed by atoms with Crippen LogP contribution < -0.4 is 10.2 Å².